The van der Waals surface area contributed by atoms with Crippen LogP contribution in [0.5, 0.6) is 0 Å². The van der Waals surface area contributed by atoms with Crippen molar-refractivity contribution in [2.24, 2.45) is 5.92 Å². The van der Waals surface area contributed by atoms with Crippen molar-refractivity contribution in [3.05, 3.63) is 33.3 Å². The molecule has 0 amide bonds. The summed E-state index contributed by atoms with van der Waals surface area (Å²) in [7, 11) is 1.62. The number of hydrogen-bond acceptors (Lipinski definition) is 1. The van der Waals surface area contributed by atoms with Gasteiger partial charge < -0.3 is 0 Å². The molecule has 0 aromatic carbocycles. The predicted molar refractivity (Wildman–Crippen MR) is 52.2 cm³/mol. The number of hydrogen-bond donors (Lipinski definition) is 0. The van der Waals surface area contributed by atoms with Crippen LogP contribution in [0, 0.1) is 51.0 Å². The molecule has 1 fully saturated rings. The summed E-state index contributed by atoms with van der Waals surface area (Å²) in [5.74, 6) is 6.60. The number of ether oxygens (including phenoxy) is 1. The molecule has 0 aliphatic heterocycles. The van der Waals surface area contributed by atoms with Gasteiger partial charge in [0.2, 0.25) is 0 Å². The molecule has 0 aromatic rings. The summed E-state index contributed by atoms with van der Waals surface area (Å²) in [6, 6.07) is 0. The Labute approximate surface area is 120 Å². The summed E-state index contributed by atoms with van der Waals surface area (Å²) in [6.45, 7) is 22.5. The van der Waals surface area contributed by atoms with Crippen molar-refractivity contribution in [1.82, 2.24) is 0 Å². The maximum absolute atomic E-state index is 7.50. The molecule has 1 aliphatic carbocycles. The third kappa shape index (κ3) is 47.8. The maximum atomic E-state index is 7.50. The van der Waals surface area contributed by atoms with E-state index in [1.165, 1.54) is 12.8 Å². The van der Waals surface area contributed by atoms with Crippen LogP contribution in [-0.2, 0) is 43.8 Å². The van der Waals surface area contributed by atoms with Gasteiger partial charge in [-0.15, -0.1) is 0 Å². The molecular formula is C12H8CrO6. The molecule has 7 heteroatoms. The topological polar surface area (TPSA) is 109 Å². The van der Waals surface area contributed by atoms with Gasteiger partial charge in [0.15, 0.2) is 0 Å². The van der Waals surface area contributed by atoms with Crippen LogP contribution >= 0.6 is 0 Å². The second-order valence-electron chi connectivity index (χ2n) is 2.04. The molecule has 0 heterocycles. The number of rotatable bonds is 1. The van der Waals surface area contributed by atoms with Gasteiger partial charge in [-0.2, -0.15) is 0 Å². The fraction of sp³-hybridized carbons (Fsp3) is 0.333. The van der Waals surface area contributed by atoms with Gasteiger partial charge in [0.1, 0.15) is 0 Å². The minimum absolute atomic E-state index is 0.656. The summed E-state index contributed by atoms with van der Waals surface area (Å²) in [5.41, 5.74) is 0. The molecule has 0 saturated heterocycles. The third-order valence-corrected chi connectivity index (χ3v) is 1.56. The zero-order valence-electron chi connectivity index (χ0n) is 9.85. The molecule has 0 aromatic heterocycles. The van der Waals surface area contributed by atoms with Crippen molar-refractivity contribution in [3.63, 3.8) is 0 Å². The summed E-state index contributed by atoms with van der Waals surface area (Å²) >= 11 is 2.73. The van der Waals surface area contributed by atoms with Gasteiger partial charge in [0.05, 0.1) is 0 Å². The molecule has 0 radical (unpaired) electrons. The summed E-state index contributed by atoms with van der Waals surface area (Å²) in [4.78, 5) is 0. The SMILES string of the molecule is CO[C](=[Cr])C#CC1CC1.[C-]#[O+].[C-]#[O+].[C-]#[O+].[C-]#[O+].[C-]#[O+]. The summed E-state index contributed by atoms with van der Waals surface area (Å²) in [6.07, 6.45) is 2.54. The van der Waals surface area contributed by atoms with Gasteiger partial charge in [-0.25, -0.2) is 0 Å². The Morgan fingerprint density at radius 3 is 1.47 bits per heavy atom. The Morgan fingerprint density at radius 2 is 1.26 bits per heavy atom. The van der Waals surface area contributed by atoms with E-state index < -0.39 is 0 Å². The van der Waals surface area contributed by atoms with E-state index >= 15 is 0 Å². The standard InChI is InChI=1S/C7H8O.5CO.Cr/c1-8-6-2-3-7-4-5-7;5*1-2;/h7H,4-5H2,1H3;;;;;;. The van der Waals surface area contributed by atoms with Gasteiger partial charge in [-0.3, -0.25) is 0 Å². The Balaban J connectivity index is -0.0000000557. The average molecular weight is 300 g/mol. The molecule has 0 spiro atoms. The second kappa shape index (κ2) is 43.8. The van der Waals surface area contributed by atoms with Crippen LogP contribution in [0.15, 0.2) is 0 Å². The van der Waals surface area contributed by atoms with E-state index in [0.717, 1.165) is 0 Å². The van der Waals surface area contributed by atoms with Gasteiger partial charge in [-0.05, 0) is 0 Å². The third-order valence-electron chi connectivity index (χ3n) is 1.14. The fourth-order valence-corrected chi connectivity index (χ4v) is 0.532. The van der Waals surface area contributed by atoms with Crippen LogP contribution in [0.4, 0.5) is 0 Å². The van der Waals surface area contributed by atoms with Gasteiger partial charge in [-0.1, -0.05) is 0 Å². The van der Waals surface area contributed by atoms with Crippen LogP contribution in [0.1, 0.15) is 12.8 Å². The molecule has 1 aliphatic rings. The molecule has 98 valence electrons. The van der Waals surface area contributed by atoms with Crippen molar-refractivity contribution < 1.29 is 43.8 Å². The van der Waals surface area contributed by atoms with Crippen LogP contribution in [0.25, 0.3) is 0 Å². The Bertz CT molecular complexity index is 314. The minimum atomic E-state index is 0.656. The predicted octanol–water partition coefficient (Wildman–Crippen LogP) is 0.535. The first-order chi connectivity index (χ1) is 9.33. The molecule has 0 bridgehead atoms. The zero-order chi connectivity index (χ0) is 16.7. The Kier molecular flexibility index (Phi) is 70.5. The van der Waals surface area contributed by atoms with Crippen LogP contribution in [0.3, 0.4) is 0 Å². The van der Waals surface area contributed by atoms with Crippen LogP contribution in [-0.4, -0.2) is 11.7 Å². The summed E-state index contributed by atoms with van der Waals surface area (Å²) < 4.78 is 43.0. The van der Waals surface area contributed by atoms with E-state index in [1.807, 2.05) is 0 Å². The molecule has 0 unspecified atom stereocenters. The molecule has 1 rings (SSSR count). The molecule has 0 N–H and O–H groups in total. The van der Waals surface area contributed by atoms with E-state index in [1.54, 1.807) is 7.11 Å². The Morgan fingerprint density at radius 1 is 0.947 bits per heavy atom. The van der Waals surface area contributed by atoms with E-state index in [9.17, 15) is 0 Å². The van der Waals surface area contributed by atoms with Crippen molar-refractivity contribution in [3.8, 4) is 11.8 Å². The van der Waals surface area contributed by atoms with Crippen molar-refractivity contribution >= 4 is 4.57 Å². The van der Waals surface area contributed by atoms with Crippen molar-refractivity contribution in [2.45, 2.75) is 12.8 Å². The van der Waals surface area contributed by atoms with Gasteiger partial charge in [0.25, 0.3) is 0 Å². The van der Waals surface area contributed by atoms with E-state index in [0.29, 0.717) is 10.5 Å². The van der Waals surface area contributed by atoms with Gasteiger partial charge >= 0.3 is 119 Å². The summed E-state index contributed by atoms with van der Waals surface area (Å²) in [5, 5.41) is 0. The van der Waals surface area contributed by atoms with E-state index in [4.69, 9.17) is 28.0 Å². The van der Waals surface area contributed by atoms with E-state index in [2.05, 4.69) is 60.9 Å². The fourth-order valence-electron chi connectivity index (χ4n) is 0.440. The first kappa shape index (κ1) is 30.6. The molecular weight excluding hydrogens is 292 g/mol. The monoisotopic (exact) mass is 300 g/mol. The van der Waals surface area contributed by atoms with Crippen LogP contribution in [0.2, 0.25) is 0 Å². The first-order valence-corrected chi connectivity index (χ1v) is 4.58. The van der Waals surface area contributed by atoms with E-state index in [-0.39, 0.29) is 0 Å². The quantitative estimate of drug-likeness (QED) is 0.393. The second-order valence-corrected chi connectivity index (χ2v) is 2.61. The zero-order valence-corrected chi connectivity index (χ0v) is 11.1. The van der Waals surface area contributed by atoms with Gasteiger partial charge in [0, 0.05) is 0 Å². The first-order valence-electron chi connectivity index (χ1n) is 3.94. The molecule has 19 heavy (non-hydrogen) atoms. The van der Waals surface area contributed by atoms with Crippen LogP contribution < -0.4 is 0 Å². The molecule has 0 atom stereocenters. The molecule has 1 saturated carbocycles. The normalized spacial score (nSPS) is 8.16. The molecule has 6 nitrogen and oxygen atoms in total. The van der Waals surface area contributed by atoms with Crippen molar-refractivity contribution in [1.29, 1.82) is 0 Å². The van der Waals surface area contributed by atoms with Crippen molar-refractivity contribution in [2.75, 3.05) is 7.11 Å². The Hall–Kier alpha value is -1.38. The number of methoxy groups -OCH3 is 1. The average Bonchev–Trinajstić information content (AvgIpc) is 3.39.